The van der Waals surface area contributed by atoms with Gasteiger partial charge >= 0.3 is 0 Å². The van der Waals surface area contributed by atoms with E-state index in [4.69, 9.17) is 15.1 Å². The lowest BCUT2D eigenvalue weighted by atomic mass is 9.91. The highest BCUT2D eigenvalue weighted by Crippen LogP contribution is 2.39. The van der Waals surface area contributed by atoms with E-state index in [0.29, 0.717) is 6.42 Å². The molecule has 0 radical (unpaired) electrons. The highest BCUT2D eigenvalue weighted by molar-refractivity contribution is 5.84. The zero-order chi connectivity index (χ0) is 25.5. The molecule has 0 amide bonds. The van der Waals surface area contributed by atoms with Crippen LogP contribution in [0.5, 0.6) is 0 Å². The van der Waals surface area contributed by atoms with Crippen LogP contribution < -0.4 is 0 Å². The molecule has 1 aliphatic rings. The number of aromatic nitrogens is 8. The third-order valence-corrected chi connectivity index (χ3v) is 6.92. The van der Waals surface area contributed by atoms with Gasteiger partial charge in [-0.05, 0) is 43.6 Å². The van der Waals surface area contributed by atoms with Gasteiger partial charge in [-0.3, -0.25) is 14.0 Å². The Kier molecular flexibility index (Phi) is 5.92. The van der Waals surface area contributed by atoms with E-state index in [2.05, 4.69) is 59.7 Å². The van der Waals surface area contributed by atoms with Crippen LogP contribution in [0, 0.1) is 0 Å². The van der Waals surface area contributed by atoms with E-state index in [9.17, 15) is 0 Å². The summed E-state index contributed by atoms with van der Waals surface area (Å²) in [4.78, 5) is 11.9. The van der Waals surface area contributed by atoms with Crippen molar-refractivity contribution in [1.29, 1.82) is 0 Å². The first-order chi connectivity index (χ1) is 17.9. The van der Waals surface area contributed by atoms with Crippen molar-refractivity contribution in [2.24, 2.45) is 14.1 Å². The SMILES string of the molecule is CN(C)CCn1cc(Cc2ncc3c(n2)-c2c(nn(C)c2-c2ccc(-c4cnn(C)c4)cc2)CC3)cn1. The molecule has 0 spiro atoms. The van der Waals surface area contributed by atoms with Crippen LogP contribution in [0.3, 0.4) is 0 Å². The lowest BCUT2D eigenvalue weighted by Crippen LogP contribution is -2.18. The Morgan fingerprint density at radius 2 is 1.70 bits per heavy atom. The molecule has 0 atom stereocenters. The van der Waals surface area contributed by atoms with E-state index < -0.39 is 0 Å². The molecule has 5 aromatic rings. The maximum Gasteiger partial charge on any atom is 0.133 e. The van der Waals surface area contributed by atoms with Crippen molar-refractivity contribution < 1.29 is 0 Å². The van der Waals surface area contributed by atoms with Crippen LogP contribution in [-0.4, -0.2) is 64.8 Å². The number of likely N-dealkylation sites (N-methyl/N-ethyl adjacent to an activating group) is 1. The fourth-order valence-electron chi connectivity index (χ4n) is 5.01. The Hall–Kier alpha value is -4.11. The van der Waals surface area contributed by atoms with E-state index >= 15 is 0 Å². The topological polar surface area (TPSA) is 82.5 Å². The zero-order valence-corrected chi connectivity index (χ0v) is 21.8. The van der Waals surface area contributed by atoms with Crippen LogP contribution in [0.2, 0.25) is 0 Å². The quantitative estimate of drug-likeness (QED) is 0.346. The number of rotatable bonds is 7. The van der Waals surface area contributed by atoms with Crippen LogP contribution >= 0.6 is 0 Å². The van der Waals surface area contributed by atoms with Crippen molar-refractivity contribution in [3.05, 3.63) is 77.9 Å². The van der Waals surface area contributed by atoms with Crippen molar-refractivity contribution in [3.8, 4) is 33.6 Å². The molecule has 37 heavy (non-hydrogen) atoms. The fourth-order valence-corrected chi connectivity index (χ4v) is 5.01. The maximum absolute atomic E-state index is 5.08. The second-order valence-corrected chi connectivity index (χ2v) is 10.0. The standard InChI is InChI=1S/C28H31N9/c1-34(2)11-12-37-17-19(14-31-37)13-25-29-15-22-9-10-24-26(27(22)32-25)28(36(4)33-24)21-7-5-20(6-8-21)23-16-30-35(3)18-23/h5-8,14-18H,9-13H2,1-4H3. The van der Waals surface area contributed by atoms with Gasteiger partial charge < -0.3 is 4.90 Å². The van der Waals surface area contributed by atoms with Crippen LogP contribution in [0.15, 0.2) is 55.2 Å². The Morgan fingerprint density at radius 3 is 2.46 bits per heavy atom. The van der Waals surface area contributed by atoms with Crippen molar-refractivity contribution >= 4 is 0 Å². The summed E-state index contributed by atoms with van der Waals surface area (Å²) in [6.45, 7) is 1.81. The van der Waals surface area contributed by atoms with Gasteiger partial charge in [-0.2, -0.15) is 15.3 Å². The van der Waals surface area contributed by atoms with E-state index in [-0.39, 0.29) is 0 Å². The number of benzene rings is 1. The molecule has 4 heterocycles. The van der Waals surface area contributed by atoms with Crippen LogP contribution in [0.1, 0.15) is 22.6 Å². The highest BCUT2D eigenvalue weighted by Gasteiger charge is 2.27. The minimum atomic E-state index is 0.653. The highest BCUT2D eigenvalue weighted by atomic mass is 15.3. The molecule has 0 N–H and O–H groups in total. The summed E-state index contributed by atoms with van der Waals surface area (Å²) >= 11 is 0. The smallest absolute Gasteiger partial charge is 0.133 e. The molecule has 0 aliphatic heterocycles. The molecule has 6 rings (SSSR count). The van der Waals surface area contributed by atoms with Crippen LogP contribution in [0.25, 0.3) is 33.6 Å². The van der Waals surface area contributed by atoms with Gasteiger partial charge in [0.2, 0.25) is 0 Å². The average Bonchev–Trinajstić information content (AvgIpc) is 3.61. The summed E-state index contributed by atoms with van der Waals surface area (Å²) in [5, 5.41) is 13.7. The molecule has 0 fully saturated rings. The molecular formula is C28H31N9. The first kappa shape index (κ1) is 23.3. The normalized spacial score (nSPS) is 12.7. The second kappa shape index (κ2) is 9.40. The van der Waals surface area contributed by atoms with Crippen molar-refractivity contribution in [3.63, 3.8) is 0 Å². The second-order valence-electron chi connectivity index (χ2n) is 10.0. The van der Waals surface area contributed by atoms with Crippen LogP contribution in [0.4, 0.5) is 0 Å². The molecule has 1 aliphatic carbocycles. The van der Waals surface area contributed by atoms with E-state index in [1.165, 1.54) is 5.56 Å². The minimum Gasteiger partial charge on any atom is -0.308 e. The lowest BCUT2D eigenvalue weighted by molar-refractivity contribution is 0.373. The number of fused-ring (bicyclic) bond motifs is 3. The fraction of sp³-hybridized carbons (Fsp3) is 0.321. The minimum absolute atomic E-state index is 0.653. The summed E-state index contributed by atoms with van der Waals surface area (Å²) < 4.78 is 5.80. The van der Waals surface area contributed by atoms with Crippen molar-refractivity contribution in [2.75, 3.05) is 20.6 Å². The molecule has 0 unspecified atom stereocenters. The van der Waals surface area contributed by atoms with Gasteiger partial charge in [-0.15, -0.1) is 0 Å². The van der Waals surface area contributed by atoms with Crippen molar-refractivity contribution in [1.82, 2.24) is 44.2 Å². The molecule has 0 bridgehead atoms. The maximum atomic E-state index is 5.08. The monoisotopic (exact) mass is 493 g/mol. The summed E-state index contributed by atoms with van der Waals surface area (Å²) in [6, 6.07) is 8.62. The Balaban J connectivity index is 1.32. The summed E-state index contributed by atoms with van der Waals surface area (Å²) in [6.07, 6.45) is 12.4. The number of hydrogen-bond donors (Lipinski definition) is 0. The Morgan fingerprint density at radius 1 is 0.892 bits per heavy atom. The Bertz CT molecular complexity index is 1550. The molecule has 1 aromatic carbocycles. The number of aryl methyl sites for hydroxylation is 4. The van der Waals surface area contributed by atoms with Crippen LogP contribution in [-0.2, 0) is 39.9 Å². The predicted octanol–water partition coefficient (Wildman–Crippen LogP) is 3.39. The molecule has 188 valence electrons. The van der Waals surface area contributed by atoms with Gasteiger partial charge in [-0.1, -0.05) is 24.3 Å². The third-order valence-electron chi connectivity index (χ3n) is 6.92. The summed E-state index contributed by atoms with van der Waals surface area (Å²) in [5.74, 6) is 0.806. The van der Waals surface area contributed by atoms with Gasteiger partial charge in [0.05, 0.1) is 36.0 Å². The molecule has 0 saturated heterocycles. The molecular weight excluding hydrogens is 462 g/mol. The zero-order valence-electron chi connectivity index (χ0n) is 21.8. The van der Waals surface area contributed by atoms with E-state index in [0.717, 1.165) is 76.7 Å². The first-order valence-electron chi connectivity index (χ1n) is 12.6. The first-order valence-corrected chi connectivity index (χ1v) is 12.6. The molecule has 9 heteroatoms. The van der Waals surface area contributed by atoms with Gasteiger partial charge in [-0.25, -0.2) is 9.97 Å². The molecule has 4 aromatic heterocycles. The van der Waals surface area contributed by atoms with Gasteiger partial charge in [0.25, 0.3) is 0 Å². The third kappa shape index (κ3) is 4.58. The largest absolute Gasteiger partial charge is 0.308 e. The van der Waals surface area contributed by atoms with Gasteiger partial charge in [0, 0.05) is 62.3 Å². The van der Waals surface area contributed by atoms with E-state index in [1.807, 2.05) is 52.9 Å². The summed E-state index contributed by atoms with van der Waals surface area (Å²) in [5.41, 5.74) is 9.99. The Labute approximate surface area is 216 Å². The number of hydrogen-bond acceptors (Lipinski definition) is 6. The van der Waals surface area contributed by atoms with Crippen molar-refractivity contribution in [2.45, 2.75) is 25.8 Å². The number of nitrogens with zero attached hydrogens (tertiary/aromatic N) is 9. The predicted molar refractivity (Wildman–Crippen MR) is 143 cm³/mol. The summed E-state index contributed by atoms with van der Waals surface area (Å²) in [7, 11) is 8.10. The average molecular weight is 494 g/mol. The lowest BCUT2D eigenvalue weighted by Gasteiger charge is -2.16. The molecule has 0 saturated carbocycles. The van der Waals surface area contributed by atoms with Gasteiger partial charge in [0.15, 0.2) is 0 Å². The van der Waals surface area contributed by atoms with E-state index in [1.54, 1.807) is 0 Å². The molecule has 9 nitrogen and oxygen atoms in total. The van der Waals surface area contributed by atoms with Gasteiger partial charge in [0.1, 0.15) is 5.82 Å².